The van der Waals surface area contributed by atoms with Crippen molar-refractivity contribution in [3.05, 3.63) is 48.0 Å². The number of nitrogens with one attached hydrogen (secondary N) is 4. The lowest BCUT2D eigenvalue weighted by Gasteiger charge is -2.24. The van der Waals surface area contributed by atoms with Crippen LogP contribution in [0, 0.1) is 0 Å². The average Bonchev–Trinajstić information content (AvgIpc) is 3.35. The number of nitrogens with two attached hydrogens (primary N) is 1. The Kier molecular flexibility index (Phi) is 11.2. The molecule has 196 valence electrons. The molecule has 0 fully saturated rings. The highest BCUT2D eigenvalue weighted by atomic mass is 32.2. The minimum atomic E-state index is -1.18. The number of carbonyl (C=O) groups excluding carboxylic acids is 3. The summed E-state index contributed by atoms with van der Waals surface area (Å²) in [5, 5.41) is 26.6. The fourth-order valence-corrected chi connectivity index (χ4v) is 3.72. The van der Waals surface area contributed by atoms with E-state index in [0.29, 0.717) is 17.0 Å². The SMILES string of the molecule is CSCCC(NC(=O)C(Cc1ccc(O)cc1)NC(=O)C(C)NC(=O)C(N)Cc1cnc[nH]1)C(=O)O. The highest BCUT2D eigenvalue weighted by molar-refractivity contribution is 7.98. The predicted octanol–water partition coefficient (Wildman–Crippen LogP) is -0.460. The number of benzene rings is 1. The number of imidazole rings is 1. The number of carboxylic acid groups (broad SMARTS) is 1. The van der Waals surface area contributed by atoms with Crippen molar-refractivity contribution < 1.29 is 29.4 Å². The van der Waals surface area contributed by atoms with Gasteiger partial charge in [-0.25, -0.2) is 9.78 Å². The molecule has 2 aromatic rings. The molecule has 0 spiro atoms. The Morgan fingerprint density at radius 2 is 1.69 bits per heavy atom. The molecule has 2 rings (SSSR count). The molecule has 0 saturated heterocycles. The number of carboxylic acids is 1. The van der Waals surface area contributed by atoms with Crippen molar-refractivity contribution in [3.63, 3.8) is 0 Å². The van der Waals surface area contributed by atoms with Crippen LogP contribution in [-0.4, -0.2) is 80.0 Å². The van der Waals surface area contributed by atoms with E-state index in [-0.39, 0.29) is 25.0 Å². The Labute approximate surface area is 212 Å². The first kappa shape index (κ1) is 28.7. The molecule has 3 amide bonds. The Balaban J connectivity index is 2.07. The Morgan fingerprint density at radius 3 is 2.28 bits per heavy atom. The van der Waals surface area contributed by atoms with Crippen molar-refractivity contribution >= 4 is 35.5 Å². The number of hydrogen-bond donors (Lipinski definition) is 7. The average molecular weight is 521 g/mol. The number of aliphatic carboxylic acids is 1. The number of phenolic OH excluding ortho intramolecular Hbond substituents is 1. The molecule has 1 aromatic heterocycles. The van der Waals surface area contributed by atoms with Crippen LogP contribution in [-0.2, 0) is 32.0 Å². The van der Waals surface area contributed by atoms with Crippen LogP contribution in [0.3, 0.4) is 0 Å². The summed E-state index contributed by atoms with van der Waals surface area (Å²) < 4.78 is 0. The predicted molar refractivity (Wildman–Crippen MR) is 134 cm³/mol. The van der Waals surface area contributed by atoms with Crippen molar-refractivity contribution in [1.82, 2.24) is 25.9 Å². The lowest BCUT2D eigenvalue weighted by atomic mass is 10.0. The minimum Gasteiger partial charge on any atom is -0.508 e. The fourth-order valence-electron chi connectivity index (χ4n) is 3.25. The van der Waals surface area contributed by atoms with Gasteiger partial charge in [0.1, 0.15) is 23.9 Å². The maximum absolute atomic E-state index is 13.0. The molecule has 4 atom stereocenters. The molecular weight excluding hydrogens is 488 g/mol. The Bertz CT molecular complexity index is 1020. The standard InChI is InChI=1S/C23H32N6O6S/c1-13(27-21(32)17(24)10-15-11-25-12-26-15)20(31)29-19(9-14-3-5-16(30)6-4-14)22(33)28-18(23(34)35)7-8-36-2/h3-6,11-13,17-19,30H,7-10,24H2,1-2H3,(H,25,26)(H,27,32)(H,28,33)(H,29,31)(H,34,35). The van der Waals surface area contributed by atoms with Crippen LogP contribution in [0.5, 0.6) is 5.75 Å². The van der Waals surface area contributed by atoms with Gasteiger partial charge in [-0.05, 0) is 43.0 Å². The monoisotopic (exact) mass is 520 g/mol. The van der Waals surface area contributed by atoms with E-state index in [1.165, 1.54) is 37.1 Å². The zero-order chi connectivity index (χ0) is 26.7. The first-order chi connectivity index (χ1) is 17.1. The number of nitrogens with zero attached hydrogens (tertiary/aromatic N) is 1. The number of hydrogen-bond acceptors (Lipinski definition) is 8. The van der Waals surface area contributed by atoms with Crippen LogP contribution in [0.15, 0.2) is 36.8 Å². The first-order valence-corrected chi connectivity index (χ1v) is 12.6. The van der Waals surface area contributed by atoms with Crippen molar-refractivity contribution in [2.45, 2.75) is 50.4 Å². The van der Waals surface area contributed by atoms with Crippen LogP contribution in [0.25, 0.3) is 0 Å². The van der Waals surface area contributed by atoms with Crippen molar-refractivity contribution in [2.75, 3.05) is 12.0 Å². The van der Waals surface area contributed by atoms with Gasteiger partial charge in [-0.2, -0.15) is 11.8 Å². The van der Waals surface area contributed by atoms with Gasteiger partial charge in [0.2, 0.25) is 17.7 Å². The van der Waals surface area contributed by atoms with Gasteiger partial charge in [0, 0.05) is 24.7 Å². The molecule has 4 unspecified atom stereocenters. The topological polar surface area (TPSA) is 200 Å². The molecule has 0 aliphatic carbocycles. The Hall–Kier alpha value is -3.58. The van der Waals surface area contributed by atoms with Gasteiger partial charge in [-0.1, -0.05) is 12.1 Å². The third-order valence-corrected chi connectivity index (χ3v) is 5.96. The summed E-state index contributed by atoms with van der Waals surface area (Å²) >= 11 is 1.45. The summed E-state index contributed by atoms with van der Waals surface area (Å²) in [6.45, 7) is 1.45. The third-order valence-electron chi connectivity index (χ3n) is 5.32. The van der Waals surface area contributed by atoms with Gasteiger partial charge in [0.15, 0.2) is 0 Å². The van der Waals surface area contributed by atoms with Crippen molar-refractivity contribution in [1.29, 1.82) is 0 Å². The molecule has 0 radical (unpaired) electrons. The normalized spacial score (nSPS) is 14.2. The number of rotatable bonds is 14. The third kappa shape index (κ3) is 9.23. The molecule has 36 heavy (non-hydrogen) atoms. The summed E-state index contributed by atoms with van der Waals surface area (Å²) in [5.41, 5.74) is 7.20. The van der Waals surface area contributed by atoms with E-state index in [1.54, 1.807) is 18.3 Å². The molecule has 13 heteroatoms. The van der Waals surface area contributed by atoms with Crippen LogP contribution in [0.4, 0.5) is 0 Å². The van der Waals surface area contributed by atoms with E-state index in [4.69, 9.17) is 5.73 Å². The Morgan fingerprint density at radius 1 is 1.03 bits per heavy atom. The first-order valence-electron chi connectivity index (χ1n) is 11.2. The molecule has 0 bridgehead atoms. The van der Waals surface area contributed by atoms with Crippen molar-refractivity contribution in [2.24, 2.45) is 5.73 Å². The van der Waals surface area contributed by atoms with E-state index in [9.17, 15) is 29.4 Å². The summed E-state index contributed by atoms with van der Waals surface area (Å²) in [6, 6.07) is 1.85. The van der Waals surface area contributed by atoms with Gasteiger partial charge in [0.25, 0.3) is 0 Å². The second kappa shape index (κ2) is 14.1. The molecule has 0 aliphatic heterocycles. The van der Waals surface area contributed by atoms with E-state index < -0.39 is 47.9 Å². The number of aromatic hydroxyl groups is 1. The summed E-state index contributed by atoms with van der Waals surface area (Å²) in [4.78, 5) is 56.6. The molecule has 1 aromatic carbocycles. The molecule has 8 N–H and O–H groups in total. The number of thioether (sulfide) groups is 1. The number of aromatic amines is 1. The van der Waals surface area contributed by atoms with Gasteiger partial charge in [-0.3, -0.25) is 14.4 Å². The second-order valence-electron chi connectivity index (χ2n) is 8.23. The molecule has 0 saturated carbocycles. The summed E-state index contributed by atoms with van der Waals surface area (Å²) in [6.07, 6.45) is 5.27. The number of aromatic nitrogens is 2. The maximum Gasteiger partial charge on any atom is 0.326 e. The fraction of sp³-hybridized carbons (Fsp3) is 0.435. The van der Waals surface area contributed by atoms with Gasteiger partial charge >= 0.3 is 5.97 Å². The number of carbonyl (C=O) groups is 4. The molecule has 0 aliphatic rings. The van der Waals surface area contributed by atoms with E-state index >= 15 is 0 Å². The highest BCUT2D eigenvalue weighted by Gasteiger charge is 2.29. The van der Waals surface area contributed by atoms with E-state index in [1.807, 2.05) is 6.26 Å². The highest BCUT2D eigenvalue weighted by Crippen LogP contribution is 2.12. The lowest BCUT2D eigenvalue weighted by Crippen LogP contribution is -2.57. The zero-order valence-corrected chi connectivity index (χ0v) is 20.9. The summed E-state index contributed by atoms with van der Waals surface area (Å²) in [5.74, 6) is -2.51. The lowest BCUT2D eigenvalue weighted by molar-refractivity contribution is -0.142. The van der Waals surface area contributed by atoms with Gasteiger partial charge in [0.05, 0.1) is 12.4 Å². The smallest absolute Gasteiger partial charge is 0.326 e. The van der Waals surface area contributed by atoms with Crippen LogP contribution in [0.1, 0.15) is 24.6 Å². The largest absolute Gasteiger partial charge is 0.508 e. The van der Waals surface area contributed by atoms with Crippen LogP contribution in [0.2, 0.25) is 0 Å². The van der Waals surface area contributed by atoms with Crippen LogP contribution < -0.4 is 21.7 Å². The van der Waals surface area contributed by atoms with E-state index in [2.05, 4.69) is 25.9 Å². The summed E-state index contributed by atoms with van der Waals surface area (Å²) in [7, 11) is 0. The number of H-pyrrole nitrogens is 1. The van der Waals surface area contributed by atoms with E-state index in [0.717, 1.165) is 0 Å². The molecule has 12 nitrogen and oxygen atoms in total. The number of phenols is 1. The van der Waals surface area contributed by atoms with Crippen LogP contribution >= 0.6 is 11.8 Å². The quantitative estimate of drug-likeness (QED) is 0.172. The number of amides is 3. The van der Waals surface area contributed by atoms with Gasteiger partial charge in [-0.15, -0.1) is 0 Å². The molecular formula is C23H32N6O6S. The maximum atomic E-state index is 13.0. The van der Waals surface area contributed by atoms with Gasteiger partial charge < -0.3 is 36.9 Å². The van der Waals surface area contributed by atoms with Crippen molar-refractivity contribution in [3.8, 4) is 5.75 Å². The molecule has 1 heterocycles. The minimum absolute atomic E-state index is 0.0344. The zero-order valence-electron chi connectivity index (χ0n) is 20.1. The second-order valence-corrected chi connectivity index (χ2v) is 9.22.